The SMILES string of the molecule is Cc1cc(-c2[c-]cccc2)ncc1[Si](C)(C)C.Cc1cnc(-c2[c-]ccc3c2sc2cc(-c4ccccc4)ccc23)cc1CC(C)(C)C.[Ir]. The Hall–Kier alpha value is -3.73. The molecule has 1 radical (unpaired) electrons. The summed E-state index contributed by atoms with van der Waals surface area (Å²) in [7, 11) is -1.27. The van der Waals surface area contributed by atoms with Crippen molar-refractivity contribution < 1.29 is 20.1 Å². The van der Waals surface area contributed by atoms with Gasteiger partial charge in [-0.05, 0) is 75.1 Å². The molecule has 3 heterocycles. The molecule has 0 saturated heterocycles. The maximum Gasteiger partial charge on any atom is 0.0798 e. The van der Waals surface area contributed by atoms with Crippen molar-refractivity contribution in [1.82, 2.24) is 9.97 Å². The minimum absolute atomic E-state index is 0. The molecule has 7 rings (SSSR count). The van der Waals surface area contributed by atoms with Gasteiger partial charge in [-0.25, -0.2) is 0 Å². The van der Waals surface area contributed by atoms with E-state index in [4.69, 9.17) is 4.98 Å². The zero-order valence-corrected chi connectivity index (χ0v) is 33.9. The van der Waals surface area contributed by atoms with Gasteiger partial charge in [0.05, 0.1) is 8.07 Å². The number of aryl methyl sites for hydroxylation is 2. The first-order valence-electron chi connectivity index (χ1n) is 16.7. The molecular weight excluding hydrogens is 809 g/mol. The fourth-order valence-electron chi connectivity index (χ4n) is 6.25. The molecule has 0 fully saturated rings. The summed E-state index contributed by atoms with van der Waals surface area (Å²) in [6.45, 7) is 18.3. The van der Waals surface area contributed by atoms with Crippen molar-refractivity contribution in [3.05, 3.63) is 138 Å². The Kier molecular flexibility index (Phi) is 11.2. The van der Waals surface area contributed by atoms with Crippen molar-refractivity contribution >= 4 is 44.8 Å². The van der Waals surface area contributed by atoms with Crippen molar-refractivity contribution in [3.63, 3.8) is 0 Å². The average molecular weight is 853 g/mol. The van der Waals surface area contributed by atoms with Crippen LogP contribution in [0.25, 0.3) is 53.8 Å². The first-order valence-corrected chi connectivity index (χ1v) is 21.0. The third-order valence-corrected chi connectivity index (χ3v) is 12.0. The van der Waals surface area contributed by atoms with Crippen LogP contribution in [0.4, 0.5) is 0 Å². The predicted molar refractivity (Wildman–Crippen MR) is 211 cm³/mol. The Morgan fingerprint density at radius 3 is 2.10 bits per heavy atom. The van der Waals surface area contributed by atoms with Gasteiger partial charge in [0.2, 0.25) is 0 Å². The Labute approximate surface area is 311 Å². The van der Waals surface area contributed by atoms with Gasteiger partial charge in [-0.15, -0.1) is 59.7 Å². The van der Waals surface area contributed by atoms with Gasteiger partial charge in [-0.3, -0.25) is 0 Å². The molecule has 0 aliphatic rings. The number of rotatable bonds is 5. The average Bonchev–Trinajstić information content (AvgIpc) is 3.44. The van der Waals surface area contributed by atoms with E-state index in [0.29, 0.717) is 0 Å². The zero-order chi connectivity index (χ0) is 34.1. The van der Waals surface area contributed by atoms with Gasteiger partial charge in [0, 0.05) is 37.2 Å². The molecule has 0 atom stereocenters. The van der Waals surface area contributed by atoms with Gasteiger partial charge in [0.25, 0.3) is 0 Å². The van der Waals surface area contributed by atoms with E-state index in [2.05, 4.69) is 150 Å². The molecule has 0 aliphatic heterocycles. The molecule has 7 aromatic rings. The normalized spacial score (nSPS) is 11.6. The zero-order valence-electron chi connectivity index (χ0n) is 29.7. The number of fused-ring (bicyclic) bond motifs is 3. The fourth-order valence-corrected chi connectivity index (χ4v) is 9.20. The molecule has 4 aromatic carbocycles. The van der Waals surface area contributed by atoms with Crippen LogP contribution in [0.3, 0.4) is 0 Å². The first-order chi connectivity index (χ1) is 22.9. The molecule has 0 bridgehead atoms. The second kappa shape index (κ2) is 15.0. The van der Waals surface area contributed by atoms with E-state index in [1.807, 2.05) is 41.8 Å². The Balaban J connectivity index is 0.000000221. The molecule has 0 spiro atoms. The molecule has 2 nitrogen and oxygen atoms in total. The maximum atomic E-state index is 4.80. The van der Waals surface area contributed by atoms with Crippen LogP contribution in [0.1, 0.15) is 37.5 Å². The fraction of sp³-hybridized carbons (Fsp3) is 0.227. The molecule has 0 N–H and O–H groups in total. The largest absolute Gasteiger partial charge is 0.305 e. The summed E-state index contributed by atoms with van der Waals surface area (Å²) in [6.07, 6.45) is 5.11. The Bertz CT molecular complexity index is 2190. The van der Waals surface area contributed by atoms with Gasteiger partial charge < -0.3 is 9.97 Å². The van der Waals surface area contributed by atoms with Crippen LogP contribution in [0.5, 0.6) is 0 Å². The summed E-state index contributed by atoms with van der Waals surface area (Å²) < 4.78 is 2.57. The number of thiophene rings is 1. The van der Waals surface area contributed by atoms with Gasteiger partial charge in [-0.1, -0.05) is 112 Å². The standard InChI is InChI=1S/C29H26NS.C15H18NSi.Ir/c1-19-18-30-26(15-22(19)17-29(2,3)4)25-12-8-11-24-23-14-13-21(16-27(23)31-28(24)25)20-9-6-5-7-10-20;1-12-10-14(13-8-6-5-7-9-13)16-11-15(12)17(2,3)4;/h5-11,13-16,18H,17H2,1-4H3;5-8,10-11H,1-4H3;/q2*-1;. The summed E-state index contributed by atoms with van der Waals surface area (Å²) in [5.74, 6) is 0. The van der Waals surface area contributed by atoms with E-state index in [9.17, 15) is 0 Å². The summed E-state index contributed by atoms with van der Waals surface area (Å²) in [6, 6.07) is 40.8. The Morgan fingerprint density at radius 1 is 0.694 bits per heavy atom. The van der Waals surface area contributed by atoms with Crippen LogP contribution >= 0.6 is 11.3 Å². The van der Waals surface area contributed by atoms with Crippen LogP contribution in [0.2, 0.25) is 19.6 Å². The minimum atomic E-state index is -1.27. The number of pyridine rings is 2. The molecule has 3 aromatic heterocycles. The summed E-state index contributed by atoms with van der Waals surface area (Å²) >= 11 is 1.84. The third kappa shape index (κ3) is 8.53. The summed E-state index contributed by atoms with van der Waals surface area (Å²) in [4.78, 5) is 9.38. The summed E-state index contributed by atoms with van der Waals surface area (Å²) in [5, 5.41) is 4.03. The Morgan fingerprint density at radius 2 is 1.43 bits per heavy atom. The van der Waals surface area contributed by atoms with Crippen LogP contribution < -0.4 is 5.19 Å². The molecule has 0 amide bonds. The third-order valence-electron chi connectivity index (χ3n) is 8.64. The monoisotopic (exact) mass is 853 g/mol. The van der Waals surface area contributed by atoms with Gasteiger partial charge >= 0.3 is 0 Å². The topological polar surface area (TPSA) is 25.8 Å². The van der Waals surface area contributed by atoms with Crippen molar-refractivity contribution in [1.29, 1.82) is 0 Å². The second-order valence-electron chi connectivity index (χ2n) is 14.9. The van der Waals surface area contributed by atoms with Crippen LogP contribution in [0, 0.1) is 31.4 Å². The molecule has 0 aliphatic carbocycles. The number of hydrogen-bond acceptors (Lipinski definition) is 3. The van der Waals surface area contributed by atoms with Crippen LogP contribution in [-0.4, -0.2) is 18.0 Å². The summed E-state index contributed by atoms with van der Waals surface area (Å²) in [5.41, 5.74) is 10.9. The second-order valence-corrected chi connectivity index (χ2v) is 21.0. The van der Waals surface area contributed by atoms with E-state index in [1.165, 1.54) is 53.2 Å². The quantitative estimate of drug-likeness (QED) is 0.127. The van der Waals surface area contributed by atoms with Gasteiger partial charge in [-0.2, -0.15) is 11.3 Å². The molecule has 0 unspecified atom stereocenters. The molecule has 0 saturated carbocycles. The molecule has 5 heteroatoms. The maximum absolute atomic E-state index is 4.80. The minimum Gasteiger partial charge on any atom is -0.305 e. The van der Waals surface area contributed by atoms with Crippen LogP contribution in [-0.2, 0) is 26.5 Å². The number of nitrogens with zero attached hydrogens (tertiary/aromatic N) is 2. The van der Waals surface area contributed by atoms with E-state index in [1.54, 1.807) is 0 Å². The van der Waals surface area contributed by atoms with Crippen molar-refractivity contribution in [2.24, 2.45) is 5.41 Å². The van der Waals surface area contributed by atoms with Gasteiger partial charge in [0.15, 0.2) is 0 Å². The smallest absolute Gasteiger partial charge is 0.0798 e. The molecular formula is C44H44IrN2SSi-2. The van der Waals surface area contributed by atoms with Crippen molar-refractivity contribution in [3.8, 4) is 33.6 Å². The van der Waals surface area contributed by atoms with Crippen molar-refractivity contribution in [2.45, 2.75) is 60.7 Å². The molecule has 49 heavy (non-hydrogen) atoms. The number of hydrogen-bond donors (Lipinski definition) is 0. The first kappa shape index (κ1) is 36.5. The van der Waals surface area contributed by atoms with E-state index in [-0.39, 0.29) is 25.5 Å². The van der Waals surface area contributed by atoms with Crippen molar-refractivity contribution in [2.75, 3.05) is 0 Å². The number of aromatic nitrogens is 2. The van der Waals surface area contributed by atoms with E-state index >= 15 is 0 Å². The van der Waals surface area contributed by atoms with Gasteiger partial charge in [0.1, 0.15) is 0 Å². The van der Waals surface area contributed by atoms with E-state index < -0.39 is 8.07 Å². The molecule has 251 valence electrons. The number of benzene rings is 4. The van der Waals surface area contributed by atoms with E-state index in [0.717, 1.165) is 28.9 Å². The van der Waals surface area contributed by atoms with Crippen LogP contribution in [0.15, 0.2) is 109 Å². The predicted octanol–water partition coefficient (Wildman–Crippen LogP) is 11.9.